The van der Waals surface area contributed by atoms with Crippen molar-refractivity contribution < 1.29 is 8.42 Å². The third-order valence-electron chi connectivity index (χ3n) is 7.05. The van der Waals surface area contributed by atoms with E-state index in [2.05, 4.69) is 29.5 Å². The average Bonchev–Trinajstić information content (AvgIpc) is 3.52. The zero-order valence-corrected chi connectivity index (χ0v) is 21.3. The number of imidazole rings is 1. The van der Waals surface area contributed by atoms with Gasteiger partial charge in [-0.25, -0.2) is 17.9 Å². The molecule has 3 heterocycles. The summed E-state index contributed by atoms with van der Waals surface area (Å²) < 4.78 is 29.2. The molecule has 0 atom stereocenters. The van der Waals surface area contributed by atoms with E-state index < -0.39 is 10.0 Å². The van der Waals surface area contributed by atoms with Gasteiger partial charge >= 0.3 is 0 Å². The summed E-state index contributed by atoms with van der Waals surface area (Å²) in [6, 6.07) is 9.57. The molecule has 1 saturated carbocycles. The van der Waals surface area contributed by atoms with Gasteiger partial charge in [-0.05, 0) is 68.7 Å². The van der Waals surface area contributed by atoms with Crippen LogP contribution >= 0.6 is 0 Å². The van der Waals surface area contributed by atoms with Gasteiger partial charge in [-0.1, -0.05) is 13.8 Å². The molecule has 0 radical (unpaired) electrons. The van der Waals surface area contributed by atoms with Gasteiger partial charge < -0.3 is 16.4 Å². The van der Waals surface area contributed by atoms with Gasteiger partial charge in [-0.15, -0.1) is 5.10 Å². The number of nitrogens with zero attached hydrogens (tertiary/aromatic N) is 4. The standard InChI is InChI=1S/C25H35N7O2S/c1-17(2)23-16-27-25-22(15-24(30-32(23)25)29-20-7-5-18(26)6-8-20)28-19-9-11-21(12-10-19)35(33,34)31-13-3-4-14-31/h9-12,15-18,20,28H,3-8,13-14,26H2,1-2H3,(H,29,30). The molecule has 2 aliphatic rings. The molecule has 0 amide bonds. The van der Waals surface area contributed by atoms with Crippen molar-refractivity contribution in [3.63, 3.8) is 0 Å². The molecule has 0 bridgehead atoms. The summed E-state index contributed by atoms with van der Waals surface area (Å²) in [5, 5.41) is 11.9. The normalized spacial score (nSPS) is 21.6. The first kappa shape index (κ1) is 24.0. The lowest BCUT2D eigenvalue weighted by Crippen LogP contribution is -2.33. The van der Waals surface area contributed by atoms with Crippen LogP contribution in [-0.4, -0.2) is 52.5 Å². The molecule has 2 fully saturated rings. The van der Waals surface area contributed by atoms with Crippen LogP contribution in [-0.2, 0) is 10.0 Å². The number of aromatic nitrogens is 3. The highest BCUT2D eigenvalue weighted by atomic mass is 32.2. The molecule has 4 N–H and O–H groups in total. The molecule has 9 nitrogen and oxygen atoms in total. The molecular weight excluding hydrogens is 462 g/mol. The van der Waals surface area contributed by atoms with E-state index in [1.807, 2.05) is 28.9 Å². The van der Waals surface area contributed by atoms with Crippen molar-refractivity contribution in [1.29, 1.82) is 0 Å². The van der Waals surface area contributed by atoms with Gasteiger partial charge in [0.2, 0.25) is 10.0 Å². The van der Waals surface area contributed by atoms with E-state index in [9.17, 15) is 8.42 Å². The van der Waals surface area contributed by atoms with Crippen molar-refractivity contribution in [2.24, 2.45) is 5.73 Å². The number of fused-ring (bicyclic) bond motifs is 1. The Kier molecular flexibility index (Phi) is 6.69. The summed E-state index contributed by atoms with van der Waals surface area (Å²) in [6.45, 7) is 5.44. The maximum absolute atomic E-state index is 12.9. The van der Waals surface area contributed by atoms with E-state index in [0.717, 1.165) is 67.1 Å². The highest BCUT2D eigenvalue weighted by Crippen LogP contribution is 2.29. The Bertz CT molecular complexity index is 1270. The molecule has 188 valence electrons. The first-order chi connectivity index (χ1) is 16.8. The number of anilines is 3. The second-order valence-corrected chi connectivity index (χ2v) is 12.0. The topological polar surface area (TPSA) is 118 Å². The Morgan fingerprint density at radius 1 is 1.06 bits per heavy atom. The zero-order chi connectivity index (χ0) is 24.6. The van der Waals surface area contributed by atoms with Gasteiger partial charge in [0.05, 0.1) is 22.5 Å². The van der Waals surface area contributed by atoms with Gasteiger partial charge in [-0.3, -0.25) is 0 Å². The fourth-order valence-electron chi connectivity index (χ4n) is 4.96. The van der Waals surface area contributed by atoms with E-state index in [4.69, 9.17) is 10.8 Å². The smallest absolute Gasteiger partial charge is 0.243 e. The summed E-state index contributed by atoms with van der Waals surface area (Å²) in [4.78, 5) is 4.96. The molecule has 3 aromatic rings. The monoisotopic (exact) mass is 497 g/mol. The Morgan fingerprint density at radius 2 is 1.74 bits per heavy atom. The van der Waals surface area contributed by atoms with Gasteiger partial charge in [0.15, 0.2) is 5.65 Å². The predicted octanol–water partition coefficient (Wildman–Crippen LogP) is 4.06. The van der Waals surface area contributed by atoms with Gasteiger partial charge in [0.1, 0.15) is 5.82 Å². The molecule has 35 heavy (non-hydrogen) atoms. The van der Waals surface area contributed by atoms with E-state index in [1.165, 1.54) is 0 Å². The Hall–Kier alpha value is -2.69. The summed E-state index contributed by atoms with van der Waals surface area (Å²) >= 11 is 0. The molecule has 1 aromatic carbocycles. The lowest BCUT2D eigenvalue weighted by molar-refractivity contribution is 0.410. The van der Waals surface area contributed by atoms with Crippen molar-refractivity contribution in [1.82, 2.24) is 18.9 Å². The van der Waals surface area contributed by atoms with Crippen molar-refractivity contribution in [3.8, 4) is 0 Å². The second kappa shape index (κ2) is 9.75. The van der Waals surface area contributed by atoms with Crippen LogP contribution in [0.4, 0.5) is 17.2 Å². The van der Waals surface area contributed by atoms with Gasteiger partial charge in [0, 0.05) is 36.9 Å². The maximum atomic E-state index is 12.9. The molecule has 1 saturated heterocycles. The first-order valence-corrected chi connectivity index (χ1v) is 14.0. The summed E-state index contributed by atoms with van der Waals surface area (Å²) in [5.41, 5.74) is 9.46. The summed E-state index contributed by atoms with van der Waals surface area (Å²) in [5.74, 6) is 1.05. The number of rotatable bonds is 7. The van der Waals surface area contributed by atoms with E-state index in [1.54, 1.807) is 16.4 Å². The molecule has 2 aromatic heterocycles. The highest BCUT2D eigenvalue weighted by molar-refractivity contribution is 7.89. The zero-order valence-electron chi connectivity index (χ0n) is 20.4. The number of hydrogen-bond acceptors (Lipinski definition) is 7. The molecule has 0 unspecified atom stereocenters. The number of hydrogen-bond donors (Lipinski definition) is 3. The molecular formula is C25H35N7O2S. The minimum atomic E-state index is -3.44. The van der Waals surface area contributed by atoms with Crippen molar-refractivity contribution >= 4 is 32.9 Å². The molecule has 0 spiro atoms. The number of benzene rings is 1. The number of sulfonamides is 1. The Balaban J connectivity index is 1.42. The van der Waals surface area contributed by atoms with Crippen LogP contribution in [0.25, 0.3) is 5.65 Å². The first-order valence-electron chi connectivity index (χ1n) is 12.6. The third-order valence-corrected chi connectivity index (χ3v) is 8.96. The van der Waals surface area contributed by atoms with E-state index in [0.29, 0.717) is 30.1 Å². The van der Waals surface area contributed by atoms with Crippen molar-refractivity contribution in [3.05, 3.63) is 42.2 Å². The molecule has 5 rings (SSSR count). The van der Waals surface area contributed by atoms with E-state index >= 15 is 0 Å². The second-order valence-electron chi connectivity index (χ2n) is 10.0. The highest BCUT2D eigenvalue weighted by Gasteiger charge is 2.27. The van der Waals surface area contributed by atoms with Crippen molar-refractivity contribution in [2.45, 2.75) is 75.3 Å². The predicted molar refractivity (Wildman–Crippen MR) is 139 cm³/mol. The SMILES string of the molecule is CC(C)c1cnc2c(Nc3ccc(S(=O)(=O)N4CCCC4)cc3)cc(NC3CCC(N)CC3)nn12. The number of nitrogens with one attached hydrogen (secondary N) is 2. The summed E-state index contributed by atoms with van der Waals surface area (Å²) in [6.07, 6.45) is 7.79. The van der Waals surface area contributed by atoms with Crippen molar-refractivity contribution in [2.75, 3.05) is 23.7 Å². The van der Waals surface area contributed by atoms with E-state index in [-0.39, 0.29) is 5.92 Å². The third kappa shape index (κ3) is 5.00. The molecule has 1 aliphatic heterocycles. The lowest BCUT2D eigenvalue weighted by atomic mass is 9.92. The lowest BCUT2D eigenvalue weighted by Gasteiger charge is -2.27. The number of nitrogens with two attached hydrogens (primary N) is 1. The van der Waals surface area contributed by atoms with Gasteiger partial charge in [-0.2, -0.15) is 4.31 Å². The van der Waals surface area contributed by atoms with Crippen LogP contribution < -0.4 is 16.4 Å². The minimum Gasteiger partial charge on any atom is -0.366 e. The Morgan fingerprint density at radius 3 is 2.40 bits per heavy atom. The quantitative estimate of drug-likeness (QED) is 0.450. The molecule has 10 heteroatoms. The largest absolute Gasteiger partial charge is 0.366 e. The Labute approximate surface area is 207 Å². The van der Waals surface area contributed by atoms with Crippen LogP contribution in [0.15, 0.2) is 41.4 Å². The maximum Gasteiger partial charge on any atom is 0.243 e. The van der Waals surface area contributed by atoms with Gasteiger partial charge in [0.25, 0.3) is 0 Å². The minimum absolute atomic E-state index is 0.267. The van der Waals surface area contributed by atoms with Crippen LogP contribution in [0.3, 0.4) is 0 Å². The van der Waals surface area contributed by atoms with Crippen LogP contribution in [0, 0.1) is 0 Å². The fourth-order valence-corrected chi connectivity index (χ4v) is 6.47. The van der Waals surface area contributed by atoms with Crippen LogP contribution in [0.2, 0.25) is 0 Å². The van der Waals surface area contributed by atoms with Crippen LogP contribution in [0.1, 0.15) is 64.0 Å². The van der Waals surface area contributed by atoms with Crippen LogP contribution in [0.5, 0.6) is 0 Å². The summed E-state index contributed by atoms with van der Waals surface area (Å²) in [7, 11) is -3.44. The average molecular weight is 498 g/mol. The fraction of sp³-hybridized carbons (Fsp3) is 0.520. The molecule has 1 aliphatic carbocycles.